The van der Waals surface area contributed by atoms with Crippen molar-refractivity contribution < 1.29 is 14.3 Å². The summed E-state index contributed by atoms with van der Waals surface area (Å²) in [4.78, 5) is 24.8. The molecule has 2 aliphatic heterocycles. The Labute approximate surface area is 108 Å². The highest BCUT2D eigenvalue weighted by Gasteiger charge is 2.39. The van der Waals surface area contributed by atoms with Crippen molar-refractivity contribution >= 4 is 12.0 Å². The summed E-state index contributed by atoms with van der Waals surface area (Å²) in [6, 6.07) is 0.241. The zero-order valence-corrected chi connectivity index (χ0v) is 11.4. The number of rotatable bonds is 1. The number of ether oxygens (including phenoxy) is 1. The lowest BCUT2D eigenvalue weighted by molar-refractivity contribution is -0.124. The van der Waals surface area contributed by atoms with Crippen LogP contribution in [0.5, 0.6) is 0 Å². The maximum absolute atomic E-state index is 11.7. The van der Waals surface area contributed by atoms with E-state index < -0.39 is 5.60 Å². The van der Waals surface area contributed by atoms with Crippen LogP contribution in [0, 0.1) is 5.92 Å². The van der Waals surface area contributed by atoms with Crippen LogP contribution in [0.15, 0.2) is 0 Å². The van der Waals surface area contributed by atoms with E-state index in [1.54, 1.807) is 4.90 Å². The predicted octanol–water partition coefficient (Wildman–Crippen LogP) is 1.52. The monoisotopic (exact) mass is 254 g/mol. The van der Waals surface area contributed by atoms with Crippen LogP contribution in [0.1, 0.15) is 40.0 Å². The third kappa shape index (κ3) is 3.15. The third-order valence-corrected chi connectivity index (χ3v) is 3.40. The van der Waals surface area contributed by atoms with Gasteiger partial charge in [0, 0.05) is 31.5 Å². The van der Waals surface area contributed by atoms with Gasteiger partial charge in [-0.3, -0.25) is 4.79 Å². The molecule has 0 saturated carbocycles. The maximum Gasteiger partial charge on any atom is 0.410 e. The number of hydrogen-bond donors (Lipinski definition) is 1. The maximum atomic E-state index is 11.7. The number of likely N-dealkylation sites (tertiary alicyclic amines) is 1. The first-order chi connectivity index (χ1) is 8.35. The summed E-state index contributed by atoms with van der Waals surface area (Å²) in [6.45, 7) is 6.98. The van der Waals surface area contributed by atoms with Crippen molar-refractivity contribution in [1.82, 2.24) is 10.2 Å². The smallest absolute Gasteiger partial charge is 0.410 e. The molecule has 2 fully saturated rings. The zero-order chi connectivity index (χ0) is 13.3. The molecule has 2 amide bonds. The molecule has 0 aliphatic carbocycles. The van der Waals surface area contributed by atoms with Crippen molar-refractivity contribution in [3.05, 3.63) is 0 Å². The molecule has 0 bridgehead atoms. The molecular formula is C13H22N2O3. The van der Waals surface area contributed by atoms with Gasteiger partial charge in [0.15, 0.2) is 0 Å². The van der Waals surface area contributed by atoms with Crippen LogP contribution in [-0.2, 0) is 9.53 Å². The lowest BCUT2D eigenvalue weighted by atomic mass is 9.86. The molecule has 0 unspecified atom stereocenters. The quantitative estimate of drug-likeness (QED) is 0.772. The molecule has 5 nitrogen and oxygen atoms in total. The second-order valence-corrected chi connectivity index (χ2v) is 6.21. The minimum atomic E-state index is -0.443. The fourth-order valence-corrected chi connectivity index (χ4v) is 2.43. The molecular weight excluding hydrogens is 232 g/mol. The van der Waals surface area contributed by atoms with Gasteiger partial charge < -0.3 is 15.0 Å². The van der Waals surface area contributed by atoms with Gasteiger partial charge in [0.05, 0.1) is 0 Å². The Morgan fingerprint density at radius 3 is 2.61 bits per heavy atom. The van der Waals surface area contributed by atoms with E-state index in [9.17, 15) is 9.59 Å². The largest absolute Gasteiger partial charge is 0.444 e. The second kappa shape index (κ2) is 4.78. The Hall–Kier alpha value is -1.26. The summed E-state index contributed by atoms with van der Waals surface area (Å²) in [5.41, 5.74) is -0.443. The fourth-order valence-electron chi connectivity index (χ4n) is 2.43. The molecule has 2 heterocycles. The van der Waals surface area contributed by atoms with E-state index in [1.165, 1.54) is 0 Å². The standard InChI is InChI=1S/C13H22N2O3/c1-13(2,3)18-12(17)15-7-9(8-15)10-5-4-6-11(16)14-10/h9-10H,4-8H2,1-3H3,(H,14,16)/t10-/m0/s1. The van der Waals surface area contributed by atoms with Crippen LogP contribution < -0.4 is 5.32 Å². The van der Waals surface area contributed by atoms with Crippen molar-refractivity contribution in [2.24, 2.45) is 5.92 Å². The lowest BCUT2D eigenvalue weighted by Gasteiger charge is -2.44. The number of nitrogens with one attached hydrogen (secondary N) is 1. The number of carbonyl (C=O) groups is 2. The fraction of sp³-hybridized carbons (Fsp3) is 0.846. The van der Waals surface area contributed by atoms with Crippen molar-refractivity contribution in [3.8, 4) is 0 Å². The second-order valence-electron chi connectivity index (χ2n) is 6.21. The average molecular weight is 254 g/mol. The van der Waals surface area contributed by atoms with E-state index in [2.05, 4.69) is 5.32 Å². The van der Waals surface area contributed by atoms with Gasteiger partial charge >= 0.3 is 6.09 Å². The van der Waals surface area contributed by atoms with Crippen LogP contribution in [-0.4, -0.2) is 41.6 Å². The summed E-state index contributed by atoms with van der Waals surface area (Å²) in [5, 5.41) is 3.01. The van der Waals surface area contributed by atoms with Crippen LogP contribution in [0.3, 0.4) is 0 Å². The van der Waals surface area contributed by atoms with Gasteiger partial charge in [0.25, 0.3) is 0 Å². The third-order valence-electron chi connectivity index (χ3n) is 3.40. The molecule has 1 N–H and O–H groups in total. The van der Waals surface area contributed by atoms with Crippen LogP contribution in [0.25, 0.3) is 0 Å². The SMILES string of the molecule is CC(C)(C)OC(=O)N1CC([C@@H]2CCCC(=O)N2)C1. The molecule has 0 spiro atoms. The van der Waals surface area contributed by atoms with E-state index in [1.807, 2.05) is 20.8 Å². The number of nitrogens with zero attached hydrogens (tertiary/aromatic N) is 1. The van der Waals surface area contributed by atoms with Crippen LogP contribution >= 0.6 is 0 Å². The van der Waals surface area contributed by atoms with Crippen molar-refractivity contribution in [1.29, 1.82) is 0 Å². The first-order valence-corrected chi connectivity index (χ1v) is 6.62. The van der Waals surface area contributed by atoms with Crippen LogP contribution in [0.2, 0.25) is 0 Å². The number of carbonyl (C=O) groups excluding carboxylic acids is 2. The Balaban J connectivity index is 1.76. The van der Waals surface area contributed by atoms with E-state index >= 15 is 0 Å². The minimum Gasteiger partial charge on any atom is -0.444 e. The summed E-state index contributed by atoms with van der Waals surface area (Å²) in [7, 11) is 0. The Bertz CT molecular complexity index is 343. The molecule has 0 radical (unpaired) electrons. The Morgan fingerprint density at radius 1 is 1.39 bits per heavy atom. The summed E-state index contributed by atoms with van der Waals surface area (Å²) < 4.78 is 5.30. The van der Waals surface area contributed by atoms with Crippen LogP contribution in [0.4, 0.5) is 4.79 Å². The van der Waals surface area contributed by atoms with Gasteiger partial charge in [0.1, 0.15) is 5.60 Å². The number of hydrogen-bond acceptors (Lipinski definition) is 3. The summed E-state index contributed by atoms with van der Waals surface area (Å²) in [5.74, 6) is 0.531. The molecule has 2 aliphatic rings. The van der Waals surface area contributed by atoms with E-state index in [0.29, 0.717) is 25.4 Å². The van der Waals surface area contributed by atoms with Gasteiger partial charge in [-0.2, -0.15) is 0 Å². The molecule has 0 aromatic carbocycles. The lowest BCUT2D eigenvalue weighted by Crippen LogP contribution is -2.59. The highest BCUT2D eigenvalue weighted by molar-refractivity contribution is 5.77. The predicted molar refractivity (Wildman–Crippen MR) is 67.1 cm³/mol. The molecule has 2 rings (SSSR count). The number of piperidine rings is 1. The normalized spacial score (nSPS) is 25.4. The number of amides is 2. The van der Waals surface area contributed by atoms with Crippen molar-refractivity contribution in [3.63, 3.8) is 0 Å². The zero-order valence-electron chi connectivity index (χ0n) is 11.4. The molecule has 1 atom stereocenters. The van der Waals surface area contributed by atoms with Crippen molar-refractivity contribution in [2.75, 3.05) is 13.1 Å². The molecule has 5 heteroatoms. The first-order valence-electron chi connectivity index (χ1n) is 6.62. The highest BCUT2D eigenvalue weighted by atomic mass is 16.6. The van der Waals surface area contributed by atoms with Crippen molar-refractivity contribution in [2.45, 2.75) is 51.7 Å². The summed E-state index contributed by atoms with van der Waals surface area (Å²) in [6.07, 6.45) is 2.37. The molecule has 2 saturated heterocycles. The average Bonchev–Trinajstić information content (AvgIpc) is 2.11. The van der Waals surface area contributed by atoms with Gasteiger partial charge in [-0.25, -0.2) is 4.79 Å². The van der Waals surface area contributed by atoms with Gasteiger partial charge in [-0.05, 0) is 33.6 Å². The topological polar surface area (TPSA) is 58.6 Å². The Morgan fingerprint density at radius 2 is 2.06 bits per heavy atom. The molecule has 0 aromatic rings. The molecule has 102 valence electrons. The first kappa shape index (κ1) is 13.2. The van der Waals surface area contributed by atoms with E-state index in [4.69, 9.17) is 4.74 Å². The minimum absolute atomic E-state index is 0.141. The molecule has 18 heavy (non-hydrogen) atoms. The van der Waals surface area contributed by atoms with Gasteiger partial charge in [0.2, 0.25) is 5.91 Å². The summed E-state index contributed by atoms with van der Waals surface area (Å²) >= 11 is 0. The highest BCUT2D eigenvalue weighted by Crippen LogP contribution is 2.26. The van der Waals surface area contributed by atoms with Gasteiger partial charge in [-0.15, -0.1) is 0 Å². The Kier molecular flexibility index (Phi) is 3.50. The molecule has 0 aromatic heterocycles. The van der Waals surface area contributed by atoms with E-state index in [0.717, 1.165) is 12.8 Å². The van der Waals surface area contributed by atoms with Gasteiger partial charge in [-0.1, -0.05) is 0 Å². The van der Waals surface area contributed by atoms with E-state index in [-0.39, 0.29) is 18.0 Å².